The molecule has 1 aliphatic heterocycles. The van der Waals surface area contributed by atoms with Crippen LogP contribution in [0.4, 0.5) is 0 Å². The van der Waals surface area contributed by atoms with E-state index in [2.05, 4.69) is 4.98 Å². The third-order valence-corrected chi connectivity index (χ3v) is 5.40. The van der Waals surface area contributed by atoms with E-state index < -0.39 is 0 Å². The highest BCUT2D eigenvalue weighted by Crippen LogP contribution is 2.36. The maximum Gasteiger partial charge on any atom is 0.247 e. The Morgan fingerprint density at radius 3 is 2.57 bits per heavy atom. The molecule has 0 aliphatic carbocycles. The number of aromatic amines is 1. The zero-order valence-corrected chi connectivity index (χ0v) is 17.3. The SMILES string of the molecule is COc1cc(OC)c(OC)cc1C=CC(=O)N1CCCC1c1nc2ccccc2[nH]1. The Labute approximate surface area is 175 Å². The van der Waals surface area contributed by atoms with E-state index in [1.165, 1.54) is 0 Å². The first kappa shape index (κ1) is 19.8. The molecule has 2 heterocycles. The minimum atomic E-state index is -0.0604. The predicted octanol–water partition coefficient (Wildman–Crippen LogP) is 3.97. The number of fused-ring (bicyclic) bond motifs is 1. The van der Waals surface area contributed by atoms with Crippen molar-refractivity contribution in [3.63, 3.8) is 0 Å². The van der Waals surface area contributed by atoms with Crippen molar-refractivity contribution in [2.75, 3.05) is 27.9 Å². The number of H-pyrrole nitrogens is 1. The Hall–Kier alpha value is -3.48. The van der Waals surface area contributed by atoms with Crippen molar-refractivity contribution in [2.24, 2.45) is 0 Å². The lowest BCUT2D eigenvalue weighted by atomic mass is 10.1. The van der Waals surface area contributed by atoms with Crippen molar-refractivity contribution >= 4 is 23.0 Å². The van der Waals surface area contributed by atoms with Gasteiger partial charge < -0.3 is 24.1 Å². The average Bonchev–Trinajstić information content (AvgIpc) is 3.43. The molecule has 7 nitrogen and oxygen atoms in total. The minimum Gasteiger partial charge on any atom is -0.496 e. The number of nitrogens with one attached hydrogen (secondary N) is 1. The number of hydrogen-bond donors (Lipinski definition) is 1. The Morgan fingerprint density at radius 2 is 1.83 bits per heavy atom. The van der Waals surface area contributed by atoms with E-state index in [-0.39, 0.29) is 11.9 Å². The van der Waals surface area contributed by atoms with E-state index in [0.29, 0.717) is 23.8 Å². The smallest absolute Gasteiger partial charge is 0.247 e. The first-order chi connectivity index (χ1) is 14.6. The Balaban J connectivity index is 1.57. The number of ether oxygens (including phenoxy) is 3. The molecule has 0 radical (unpaired) electrons. The third-order valence-electron chi connectivity index (χ3n) is 5.40. The molecule has 0 saturated carbocycles. The van der Waals surface area contributed by atoms with Crippen molar-refractivity contribution < 1.29 is 19.0 Å². The summed E-state index contributed by atoms with van der Waals surface area (Å²) < 4.78 is 16.1. The van der Waals surface area contributed by atoms with Crippen LogP contribution < -0.4 is 14.2 Å². The fourth-order valence-electron chi connectivity index (χ4n) is 3.89. The number of benzene rings is 2. The molecular formula is C23H25N3O4. The van der Waals surface area contributed by atoms with Crippen LogP contribution in [0.25, 0.3) is 17.1 Å². The summed E-state index contributed by atoms with van der Waals surface area (Å²) in [4.78, 5) is 22.9. The van der Waals surface area contributed by atoms with Crippen LogP contribution in [0.15, 0.2) is 42.5 Å². The number of aromatic nitrogens is 2. The van der Waals surface area contributed by atoms with Gasteiger partial charge in [-0.3, -0.25) is 4.79 Å². The van der Waals surface area contributed by atoms with Crippen LogP contribution in [0, 0.1) is 0 Å². The highest BCUT2D eigenvalue weighted by molar-refractivity contribution is 5.93. The molecule has 1 saturated heterocycles. The van der Waals surface area contributed by atoms with Gasteiger partial charge in [0.15, 0.2) is 11.5 Å². The summed E-state index contributed by atoms with van der Waals surface area (Å²) in [6.45, 7) is 0.702. The van der Waals surface area contributed by atoms with Gasteiger partial charge in [0.25, 0.3) is 0 Å². The van der Waals surface area contributed by atoms with E-state index >= 15 is 0 Å². The number of hydrogen-bond acceptors (Lipinski definition) is 5. The van der Waals surface area contributed by atoms with Gasteiger partial charge in [0.1, 0.15) is 11.6 Å². The van der Waals surface area contributed by atoms with Crippen LogP contribution in [0.1, 0.15) is 30.3 Å². The van der Waals surface area contributed by atoms with Crippen molar-refractivity contribution in [1.29, 1.82) is 0 Å². The van der Waals surface area contributed by atoms with Crippen LogP contribution in [0.5, 0.6) is 17.2 Å². The standard InChI is InChI=1S/C23H25N3O4/c1-28-19-14-21(30-3)20(29-2)13-15(19)10-11-22(27)26-12-6-9-18(26)23-24-16-7-4-5-8-17(16)25-23/h4-5,7-8,10-11,13-14,18H,6,9,12H2,1-3H3,(H,24,25). The molecule has 2 aromatic carbocycles. The number of carbonyl (C=O) groups is 1. The molecule has 1 aliphatic rings. The molecule has 1 aromatic heterocycles. The fourth-order valence-corrected chi connectivity index (χ4v) is 3.89. The molecule has 156 valence electrons. The summed E-state index contributed by atoms with van der Waals surface area (Å²) in [5, 5.41) is 0. The van der Waals surface area contributed by atoms with E-state index in [1.807, 2.05) is 29.2 Å². The molecule has 0 spiro atoms. The lowest BCUT2D eigenvalue weighted by molar-refractivity contribution is -0.126. The number of rotatable bonds is 6. The number of nitrogens with zero attached hydrogens (tertiary/aromatic N) is 2. The molecule has 1 N–H and O–H groups in total. The number of likely N-dealkylation sites (tertiary alicyclic amines) is 1. The number of methoxy groups -OCH3 is 3. The molecule has 1 fully saturated rings. The van der Waals surface area contributed by atoms with E-state index in [4.69, 9.17) is 19.2 Å². The van der Waals surface area contributed by atoms with Gasteiger partial charge in [-0.1, -0.05) is 12.1 Å². The molecule has 1 unspecified atom stereocenters. The van der Waals surface area contributed by atoms with Crippen molar-refractivity contribution in [3.05, 3.63) is 53.9 Å². The lowest BCUT2D eigenvalue weighted by Gasteiger charge is -2.21. The van der Waals surface area contributed by atoms with Crippen LogP contribution in [0.2, 0.25) is 0 Å². The maximum atomic E-state index is 13.0. The highest BCUT2D eigenvalue weighted by atomic mass is 16.5. The summed E-state index contributed by atoms with van der Waals surface area (Å²) >= 11 is 0. The minimum absolute atomic E-state index is 0.0538. The van der Waals surface area contributed by atoms with Crippen LogP contribution in [0.3, 0.4) is 0 Å². The van der Waals surface area contributed by atoms with Gasteiger partial charge in [-0.15, -0.1) is 0 Å². The van der Waals surface area contributed by atoms with Crippen LogP contribution in [-0.2, 0) is 4.79 Å². The number of para-hydroxylation sites is 2. The fraction of sp³-hybridized carbons (Fsp3) is 0.304. The van der Waals surface area contributed by atoms with Gasteiger partial charge in [-0.2, -0.15) is 0 Å². The Bertz CT molecular complexity index is 1060. The quantitative estimate of drug-likeness (QED) is 0.626. The predicted molar refractivity (Wildman–Crippen MR) is 115 cm³/mol. The van der Waals surface area contributed by atoms with Crippen molar-refractivity contribution in [2.45, 2.75) is 18.9 Å². The van der Waals surface area contributed by atoms with Gasteiger partial charge in [-0.25, -0.2) is 4.98 Å². The zero-order chi connectivity index (χ0) is 21.1. The molecule has 3 aromatic rings. The molecule has 7 heteroatoms. The third kappa shape index (κ3) is 3.70. The zero-order valence-electron chi connectivity index (χ0n) is 17.3. The largest absolute Gasteiger partial charge is 0.496 e. The Kier molecular flexibility index (Phi) is 5.61. The second kappa shape index (κ2) is 8.49. The average molecular weight is 407 g/mol. The van der Waals surface area contributed by atoms with Gasteiger partial charge in [0, 0.05) is 24.3 Å². The highest BCUT2D eigenvalue weighted by Gasteiger charge is 2.31. The summed E-state index contributed by atoms with van der Waals surface area (Å²) in [5.74, 6) is 2.52. The van der Waals surface area contributed by atoms with E-state index in [9.17, 15) is 4.79 Å². The monoisotopic (exact) mass is 407 g/mol. The molecule has 0 bridgehead atoms. The molecule has 1 atom stereocenters. The van der Waals surface area contributed by atoms with E-state index in [1.54, 1.807) is 45.6 Å². The normalized spacial score (nSPS) is 16.4. The van der Waals surface area contributed by atoms with Gasteiger partial charge in [-0.05, 0) is 37.1 Å². The summed E-state index contributed by atoms with van der Waals surface area (Å²) in [7, 11) is 4.73. The second-order valence-electron chi connectivity index (χ2n) is 7.11. The number of imidazole rings is 1. The Morgan fingerprint density at radius 1 is 1.10 bits per heavy atom. The first-order valence-corrected chi connectivity index (χ1v) is 9.88. The van der Waals surface area contributed by atoms with Crippen LogP contribution in [-0.4, -0.2) is 48.6 Å². The van der Waals surface area contributed by atoms with Crippen LogP contribution >= 0.6 is 0 Å². The topological polar surface area (TPSA) is 76.7 Å². The van der Waals surface area contributed by atoms with Crippen molar-refractivity contribution in [1.82, 2.24) is 14.9 Å². The second-order valence-corrected chi connectivity index (χ2v) is 7.11. The van der Waals surface area contributed by atoms with Crippen molar-refractivity contribution in [3.8, 4) is 17.2 Å². The number of amides is 1. The van der Waals surface area contributed by atoms with Gasteiger partial charge in [0.2, 0.25) is 5.91 Å². The molecular weight excluding hydrogens is 382 g/mol. The maximum absolute atomic E-state index is 13.0. The molecule has 1 amide bonds. The van der Waals surface area contributed by atoms with Gasteiger partial charge >= 0.3 is 0 Å². The summed E-state index contributed by atoms with van der Waals surface area (Å²) in [6, 6.07) is 11.4. The van der Waals surface area contributed by atoms with Gasteiger partial charge in [0.05, 0.1) is 38.4 Å². The molecule has 30 heavy (non-hydrogen) atoms. The van der Waals surface area contributed by atoms with E-state index in [0.717, 1.165) is 35.3 Å². The lowest BCUT2D eigenvalue weighted by Crippen LogP contribution is -2.29. The number of carbonyl (C=O) groups excluding carboxylic acids is 1. The molecule has 4 rings (SSSR count). The first-order valence-electron chi connectivity index (χ1n) is 9.88. The summed E-state index contributed by atoms with van der Waals surface area (Å²) in [6.07, 6.45) is 5.15. The summed E-state index contributed by atoms with van der Waals surface area (Å²) in [5.41, 5.74) is 2.64.